The SMILES string of the molecule is CCC(CC)c1cc(F)c(N2CCC(c3ccccc3)CC2)c(F)c1. The average Bonchev–Trinajstić information content (AvgIpc) is 2.63. The van der Waals surface area contributed by atoms with Crippen molar-refractivity contribution in [2.75, 3.05) is 18.0 Å². The molecule has 1 heterocycles. The molecule has 0 N–H and O–H groups in total. The average molecular weight is 343 g/mol. The highest BCUT2D eigenvalue weighted by atomic mass is 19.1. The summed E-state index contributed by atoms with van der Waals surface area (Å²) >= 11 is 0. The van der Waals surface area contributed by atoms with Gasteiger partial charge in [-0.05, 0) is 60.8 Å². The first-order chi connectivity index (χ1) is 12.1. The molecule has 1 nitrogen and oxygen atoms in total. The molecule has 0 radical (unpaired) electrons. The van der Waals surface area contributed by atoms with E-state index in [0.29, 0.717) is 19.0 Å². The van der Waals surface area contributed by atoms with Crippen molar-refractivity contribution in [1.82, 2.24) is 0 Å². The van der Waals surface area contributed by atoms with Gasteiger partial charge in [-0.25, -0.2) is 8.78 Å². The van der Waals surface area contributed by atoms with Gasteiger partial charge in [-0.2, -0.15) is 0 Å². The summed E-state index contributed by atoms with van der Waals surface area (Å²) in [5.74, 6) is -0.130. The van der Waals surface area contributed by atoms with Crippen LogP contribution < -0.4 is 4.90 Å². The molecular weight excluding hydrogens is 316 g/mol. The minimum Gasteiger partial charge on any atom is -0.367 e. The smallest absolute Gasteiger partial charge is 0.149 e. The molecule has 25 heavy (non-hydrogen) atoms. The van der Waals surface area contributed by atoms with Crippen LogP contribution in [-0.2, 0) is 0 Å². The topological polar surface area (TPSA) is 3.24 Å². The molecule has 0 saturated carbocycles. The van der Waals surface area contributed by atoms with Gasteiger partial charge in [0.1, 0.15) is 17.3 Å². The molecule has 0 amide bonds. The highest BCUT2D eigenvalue weighted by molar-refractivity contribution is 5.52. The quantitative estimate of drug-likeness (QED) is 0.620. The minimum absolute atomic E-state index is 0.154. The standard InChI is InChI=1S/C22H27F2N/c1-3-16(4-2)19-14-20(23)22(21(24)15-19)25-12-10-18(11-13-25)17-8-6-5-7-9-17/h5-9,14-16,18H,3-4,10-13H2,1-2H3. The predicted octanol–water partition coefficient (Wildman–Crippen LogP) is 6.25. The van der Waals surface area contributed by atoms with Crippen LogP contribution >= 0.6 is 0 Å². The van der Waals surface area contributed by atoms with Crippen LogP contribution in [0.3, 0.4) is 0 Å². The Bertz CT molecular complexity index is 663. The third-order valence-corrected chi connectivity index (χ3v) is 5.58. The maximum absolute atomic E-state index is 14.7. The van der Waals surface area contributed by atoms with Crippen LogP contribution in [0.4, 0.5) is 14.5 Å². The van der Waals surface area contributed by atoms with Gasteiger partial charge in [-0.1, -0.05) is 44.2 Å². The lowest BCUT2D eigenvalue weighted by Gasteiger charge is -2.34. The second-order valence-electron chi connectivity index (χ2n) is 7.02. The van der Waals surface area contributed by atoms with Crippen LogP contribution in [0.25, 0.3) is 0 Å². The van der Waals surface area contributed by atoms with Gasteiger partial charge in [0, 0.05) is 13.1 Å². The van der Waals surface area contributed by atoms with Crippen LogP contribution in [0, 0.1) is 11.6 Å². The molecule has 0 atom stereocenters. The molecule has 134 valence electrons. The van der Waals surface area contributed by atoms with Gasteiger partial charge < -0.3 is 4.90 Å². The molecule has 0 bridgehead atoms. The summed E-state index contributed by atoms with van der Waals surface area (Å²) < 4.78 is 29.3. The van der Waals surface area contributed by atoms with Crippen molar-refractivity contribution >= 4 is 5.69 Å². The Balaban J connectivity index is 1.75. The number of nitrogens with zero attached hydrogens (tertiary/aromatic N) is 1. The highest BCUT2D eigenvalue weighted by Gasteiger charge is 2.25. The lowest BCUT2D eigenvalue weighted by Crippen LogP contribution is -2.34. The Morgan fingerprint density at radius 2 is 1.52 bits per heavy atom. The number of anilines is 1. The van der Waals surface area contributed by atoms with Gasteiger partial charge in [-0.15, -0.1) is 0 Å². The fourth-order valence-electron chi connectivity index (χ4n) is 4.04. The van der Waals surface area contributed by atoms with Crippen LogP contribution in [0.5, 0.6) is 0 Å². The summed E-state index contributed by atoms with van der Waals surface area (Å²) in [7, 11) is 0. The minimum atomic E-state index is -0.417. The zero-order chi connectivity index (χ0) is 17.8. The fourth-order valence-corrected chi connectivity index (χ4v) is 4.04. The first kappa shape index (κ1) is 17.9. The summed E-state index contributed by atoms with van der Waals surface area (Å²) in [4.78, 5) is 1.88. The summed E-state index contributed by atoms with van der Waals surface area (Å²) in [6.45, 7) is 5.51. The van der Waals surface area contributed by atoms with Gasteiger partial charge >= 0.3 is 0 Å². The lowest BCUT2D eigenvalue weighted by molar-refractivity contribution is 0.484. The van der Waals surface area contributed by atoms with E-state index in [0.717, 1.165) is 31.2 Å². The second kappa shape index (κ2) is 7.99. The Morgan fingerprint density at radius 3 is 2.04 bits per heavy atom. The van der Waals surface area contributed by atoms with Gasteiger partial charge in [0.05, 0.1) is 0 Å². The van der Waals surface area contributed by atoms with Crippen LogP contribution in [0.15, 0.2) is 42.5 Å². The van der Waals surface area contributed by atoms with Crippen molar-refractivity contribution in [3.05, 3.63) is 65.2 Å². The normalized spacial score (nSPS) is 15.8. The molecule has 0 spiro atoms. The van der Waals surface area contributed by atoms with Crippen LogP contribution in [0.1, 0.15) is 62.5 Å². The highest BCUT2D eigenvalue weighted by Crippen LogP contribution is 2.35. The summed E-state index contributed by atoms with van der Waals surface area (Å²) in [5, 5.41) is 0. The number of halogens is 2. The third-order valence-electron chi connectivity index (χ3n) is 5.58. The van der Waals surface area contributed by atoms with E-state index in [1.165, 1.54) is 5.56 Å². The number of benzene rings is 2. The van der Waals surface area contributed by atoms with Gasteiger partial charge in [-0.3, -0.25) is 0 Å². The van der Waals surface area contributed by atoms with E-state index in [1.807, 2.05) is 11.0 Å². The van der Waals surface area contributed by atoms with E-state index in [9.17, 15) is 8.78 Å². The molecular formula is C22H27F2N. The van der Waals surface area contributed by atoms with E-state index in [4.69, 9.17) is 0 Å². The van der Waals surface area contributed by atoms with Crippen molar-refractivity contribution in [3.8, 4) is 0 Å². The zero-order valence-electron chi connectivity index (χ0n) is 15.1. The van der Waals surface area contributed by atoms with Crippen molar-refractivity contribution < 1.29 is 8.78 Å². The Kier molecular flexibility index (Phi) is 5.72. The summed E-state index contributed by atoms with van der Waals surface area (Å²) in [6.07, 6.45) is 3.66. The molecule has 0 aromatic heterocycles. The van der Waals surface area contributed by atoms with Gasteiger partial charge in [0.2, 0.25) is 0 Å². The van der Waals surface area contributed by atoms with Gasteiger partial charge in [0.15, 0.2) is 0 Å². The van der Waals surface area contributed by atoms with Crippen molar-refractivity contribution in [3.63, 3.8) is 0 Å². The molecule has 0 aliphatic carbocycles. The van der Waals surface area contributed by atoms with E-state index in [1.54, 1.807) is 12.1 Å². The Labute approximate surface area is 149 Å². The molecule has 3 heteroatoms. The zero-order valence-corrected chi connectivity index (χ0v) is 15.1. The molecule has 1 saturated heterocycles. The first-order valence-corrected chi connectivity index (χ1v) is 9.42. The number of rotatable bonds is 5. The second-order valence-corrected chi connectivity index (χ2v) is 7.02. The van der Waals surface area contributed by atoms with E-state index in [-0.39, 0.29) is 11.6 Å². The molecule has 1 aliphatic heterocycles. The van der Waals surface area contributed by atoms with E-state index >= 15 is 0 Å². The van der Waals surface area contributed by atoms with Crippen LogP contribution in [0.2, 0.25) is 0 Å². The lowest BCUT2D eigenvalue weighted by atomic mass is 9.89. The maximum Gasteiger partial charge on any atom is 0.149 e. The third kappa shape index (κ3) is 3.86. The van der Waals surface area contributed by atoms with Crippen molar-refractivity contribution in [1.29, 1.82) is 0 Å². The number of hydrogen-bond donors (Lipinski definition) is 0. The molecule has 3 rings (SSSR count). The molecule has 1 fully saturated rings. The Morgan fingerprint density at radius 1 is 0.960 bits per heavy atom. The molecule has 1 aliphatic rings. The number of hydrogen-bond acceptors (Lipinski definition) is 1. The van der Waals surface area contributed by atoms with Crippen LogP contribution in [-0.4, -0.2) is 13.1 Å². The Hall–Kier alpha value is -1.90. The maximum atomic E-state index is 14.7. The largest absolute Gasteiger partial charge is 0.367 e. The van der Waals surface area contributed by atoms with Crippen molar-refractivity contribution in [2.45, 2.75) is 51.4 Å². The van der Waals surface area contributed by atoms with E-state index < -0.39 is 11.6 Å². The summed E-state index contributed by atoms with van der Waals surface area (Å²) in [5.41, 5.74) is 2.26. The van der Waals surface area contributed by atoms with Crippen molar-refractivity contribution in [2.24, 2.45) is 0 Å². The predicted molar refractivity (Wildman–Crippen MR) is 100 cm³/mol. The van der Waals surface area contributed by atoms with E-state index in [2.05, 4.69) is 38.1 Å². The summed E-state index contributed by atoms with van der Waals surface area (Å²) in [6, 6.07) is 13.5. The molecule has 2 aromatic carbocycles. The molecule has 0 unspecified atom stereocenters. The first-order valence-electron chi connectivity index (χ1n) is 9.42. The monoisotopic (exact) mass is 343 g/mol. The van der Waals surface area contributed by atoms with Gasteiger partial charge in [0.25, 0.3) is 0 Å². The number of piperidine rings is 1. The molecule has 2 aromatic rings. The fraction of sp³-hybridized carbons (Fsp3) is 0.455.